The van der Waals surface area contributed by atoms with E-state index < -0.39 is 0 Å². The molecule has 1 rings (SSSR count). The van der Waals surface area contributed by atoms with Crippen molar-refractivity contribution in [1.29, 1.82) is 0 Å². The van der Waals surface area contributed by atoms with E-state index in [9.17, 15) is 0 Å². The monoisotopic (exact) mass is 197 g/mol. The van der Waals surface area contributed by atoms with Gasteiger partial charge in [-0.25, -0.2) is 0 Å². The Kier molecular flexibility index (Phi) is 3.34. The summed E-state index contributed by atoms with van der Waals surface area (Å²) in [7, 11) is 0. The van der Waals surface area contributed by atoms with Crippen LogP contribution in [0.2, 0.25) is 5.02 Å². The van der Waals surface area contributed by atoms with E-state index in [4.69, 9.17) is 17.3 Å². The average Bonchev–Trinajstić information content (AvgIpc) is 2.18. The van der Waals surface area contributed by atoms with Gasteiger partial charge in [-0.15, -0.1) is 0 Å². The highest BCUT2D eigenvalue weighted by Gasteiger charge is 2.22. The average molecular weight is 198 g/mol. The van der Waals surface area contributed by atoms with Gasteiger partial charge in [-0.2, -0.15) is 0 Å². The molecule has 2 heteroatoms. The summed E-state index contributed by atoms with van der Waals surface area (Å²) in [6.07, 6.45) is 1.90. The first-order valence-corrected chi connectivity index (χ1v) is 5.05. The molecule has 13 heavy (non-hydrogen) atoms. The Morgan fingerprint density at radius 2 is 1.62 bits per heavy atom. The van der Waals surface area contributed by atoms with Crippen LogP contribution in [0.25, 0.3) is 0 Å². The van der Waals surface area contributed by atoms with Gasteiger partial charge in [0.1, 0.15) is 0 Å². The molecule has 0 heterocycles. The summed E-state index contributed by atoms with van der Waals surface area (Å²) in [4.78, 5) is 0. The van der Waals surface area contributed by atoms with Gasteiger partial charge < -0.3 is 5.73 Å². The third-order valence-corrected chi connectivity index (χ3v) is 2.93. The molecule has 1 aromatic carbocycles. The smallest absolute Gasteiger partial charge is 0.0406 e. The highest BCUT2D eigenvalue weighted by Crippen LogP contribution is 2.26. The molecule has 0 radical (unpaired) electrons. The summed E-state index contributed by atoms with van der Waals surface area (Å²) in [6.45, 7) is 4.22. The molecule has 0 bridgehead atoms. The largest absolute Gasteiger partial charge is 0.321 e. The molecule has 0 saturated heterocycles. The van der Waals surface area contributed by atoms with E-state index in [0.717, 1.165) is 17.9 Å². The zero-order valence-corrected chi connectivity index (χ0v) is 8.93. The van der Waals surface area contributed by atoms with Gasteiger partial charge in [0.2, 0.25) is 0 Å². The van der Waals surface area contributed by atoms with Gasteiger partial charge in [-0.3, -0.25) is 0 Å². The van der Waals surface area contributed by atoms with Crippen LogP contribution in [0.3, 0.4) is 0 Å². The van der Waals surface area contributed by atoms with Gasteiger partial charge in [-0.1, -0.05) is 37.6 Å². The summed E-state index contributed by atoms with van der Waals surface area (Å²) in [5.41, 5.74) is 7.20. The molecule has 0 atom stereocenters. The first kappa shape index (κ1) is 10.6. The second kappa shape index (κ2) is 4.12. The predicted molar refractivity (Wildman–Crippen MR) is 57.9 cm³/mol. The van der Waals surface area contributed by atoms with Gasteiger partial charge in [0.15, 0.2) is 0 Å². The van der Waals surface area contributed by atoms with Crippen molar-refractivity contribution in [3.05, 3.63) is 34.9 Å². The Bertz CT molecular complexity index is 262. The molecule has 0 aromatic heterocycles. The van der Waals surface area contributed by atoms with E-state index in [-0.39, 0.29) is 5.54 Å². The number of hydrogen-bond donors (Lipinski definition) is 1. The minimum atomic E-state index is -0.190. The number of nitrogens with two attached hydrogens (primary N) is 1. The molecular weight excluding hydrogens is 182 g/mol. The summed E-state index contributed by atoms with van der Waals surface area (Å²) < 4.78 is 0. The van der Waals surface area contributed by atoms with Crippen LogP contribution < -0.4 is 5.73 Å². The van der Waals surface area contributed by atoms with E-state index in [1.807, 2.05) is 24.3 Å². The summed E-state index contributed by atoms with van der Waals surface area (Å²) >= 11 is 5.81. The highest BCUT2D eigenvalue weighted by atomic mass is 35.5. The van der Waals surface area contributed by atoms with Crippen molar-refractivity contribution in [3.8, 4) is 0 Å². The molecular formula is C11H16ClN. The maximum Gasteiger partial charge on any atom is 0.0406 e. The van der Waals surface area contributed by atoms with Gasteiger partial charge >= 0.3 is 0 Å². The molecule has 0 aliphatic heterocycles. The lowest BCUT2D eigenvalue weighted by atomic mass is 9.86. The SMILES string of the molecule is CCC(N)(CC)c1ccc(Cl)cc1. The molecule has 72 valence electrons. The van der Waals surface area contributed by atoms with Gasteiger partial charge in [-0.05, 0) is 30.5 Å². The molecule has 0 fully saturated rings. The summed E-state index contributed by atoms with van der Waals surface area (Å²) in [5, 5.41) is 0.762. The molecule has 1 aromatic rings. The Labute approximate surface area is 84.9 Å². The maximum absolute atomic E-state index is 6.22. The zero-order chi connectivity index (χ0) is 9.90. The minimum Gasteiger partial charge on any atom is -0.321 e. The van der Waals surface area contributed by atoms with Gasteiger partial charge in [0.25, 0.3) is 0 Å². The van der Waals surface area contributed by atoms with E-state index >= 15 is 0 Å². The number of hydrogen-bond acceptors (Lipinski definition) is 1. The Morgan fingerprint density at radius 1 is 1.15 bits per heavy atom. The second-order valence-electron chi connectivity index (χ2n) is 3.37. The zero-order valence-electron chi connectivity index (χ0n) is 8.18. The van der Waals surface area contributed by atoms with Crippen molar-refractivity contribution in [1.82, 2.24) is 0 Å². The predicted octanol–water partition coefficient (Wildman–Crippen LogP) is 3.31. The molecule has 0 aliphatic carbocycles. The van der Waals surface area contributed by atoms with Crippen LogP contribution in [0.15, 0.2) is 24.3 Å². The van der Waals surface area contributed by atoms with Crippen molar-refractivity contribution < 1.29 is 0 Å². The Hall–Kier alpha value is -0.530. The lowest BCUT2D eigenvalue weighted by Gasteiger charge is -2.27. The minimum absolute atomic E-state index is 0.190. The third-order valence-electron chi connectivity index (χ3n) is 2.68. The third kappa shape index (κ3) is 2.23. The molecule has 1 nitrogen and oxygen atoms in total. The number of benzene rings is 1. The van der Waals surface area contributed by atoms with Crippen molar-refractivity contribution in [2.45, 2.75) is 32.2 Å². The number of halogens is 1. The van der Waals surface area contributed by atoms with Crippen molar-refractivity contribution >= 4 is 11.6 Å². The van der Waals surface area contributed by atoms with Crippen LogP contribution in [-0.2, 0) is 5.54 Å². The van der Waals surface area contributed by atoms with Crippen LogP contribution >= 0.6 is 11.6 Å². The molecule has 0 aliphatic rings. The lowest BCUT2D eigenvalue weighted by molar-refractivity contribution is 0.413. The number of rotatable bonds is 3. The van der Waals surface area contributed by atoms with E-state index in [1.54, 1.807) is 0 Å². The van der Waals surface area contributed by atoms with E-state index in [2.05, 4.69) is 13.8 Å². The Morgan fingerprint density at radius 3 is 2.00 bits per heavy atom. The fourth-order valence-corrected chi connectivity index (χ4v) is 1.57. The summed E-state index contributed by atoms with van der Waals surface area (Å²) in [6, 6.07) is 7.80. The molecule has 0 unspecified atom stereocenters. The normalized spacial score (nSPS) is 11.7. The van der Waals surface area contributed by atoms with E-state index in [0.29, 0.717) is 0 Å². The first-order valence-electron chi connectivity index (χ1n) is 4.67. The standard InChI is InChI=1S/C11H16ClN/c1-3-11(13,4-2)9-5-7-10(12)8-6-9/h5-8H,3-4,13H2,1-2H3. The van der Waals surface area contributed by atoms with Crippen molar-refractivity contribution in [2.75, 3.05) is 0 Å². The topological polar surface area (TPSA) is 26.0 Å². The first-order chi connectivity index (χ1) is 6.12. The summed E-state index contributed by atoms with van der Waals surface area (Å²) in [5.74, 6) is 0. The van der Waals surface area contributed by atoms with Crippen LogP contribution in [-0.4, -0.2) is 0 Å². The molecule has 0 saturated carbocycles. The Balaban J connectivity index is 2.99. The van der Waals surface area contributed by atoms with Crippen LogP contribution in [0.4, 0.5) is 0 Å². The second-order valence-corrected chi connectivity index (χ2v) is 3.81. The molecule has 2 N–H and O–H groups in total. The maximum atomic E-state index is 6.22. The van der Waals surface area contributed by atoms with Crippen LogP contribution in [0.1, 0.15) is 32.3 Å². The van der Waals surface area contributed by atoms with Crippen LogP contribution in [0, 0.1) is 0 Å². The van der Waals surface area contributed by atoms with Crippen molar-refractivity contribution in [3.63, 3.8) is 0 Å². The van der Waals surface area contributed by atoms with Crippen LogP contribution in [0.5, 0.6) is 0 Å². The fraction of sp³-hybridized carbons (Fsp3) is 0.455. The van der Waals surface area contributed by atoms with E-state index in [1.165, 1.54) is 5.56 Å². The fourth-order valence-electron chi connectivity index (χ4n) is 1.44. The van der Waals surface area contributed by atoms with Crippen molar-refractivity contribution in [2.24, 2.45) is 5.73 Å². The van der Waals surface area contributed by atoms with Gasteiger partial charge in [0.05, 0.1) is 0 Å². The highest BCUT2D eigenvalue weighted by molar-refractivity contribution is 6.30. The molecule has 0 spiro atoms. The van der Waals surface area contributed by atoms with Gasteiger partial charge in [0, 0.05) is 10.6 Å². The molecule has 0 amide bonds. The quantitative estimate of drug-likeness (QED) is 0.791. The lowest BCUT2D eigenvalue weighted by Crippen LogP contribution is -2.34.